The number of nitrogens with zero attached hydrogens (tertiary/aromatic N) is 3. The lowest BCUT2D eigenvalue weighted by Gasteiger charge is -2.34. The van der Waals surface area contributed by atoms with Crippen molar-refractivity contribution in [1.82, 2.24) is 14.8 Å². The van der Waals surface area contributed by atoms with Crippen molar-refractivity contribution in [2.45, 2.75) is 32.9 Å². The van der Waals surface area contributed by atoms with Crippen LogP contribution in [0.15, 0.2) is 11.4 Å². The molecule has 0 aromatic carbocycles. The predicted octanol–water partition coefficient (Wildman–Crippen LogP) is 3.15. The standard InChI is InChI=1S/C12H16N4S2/c1-3-15-11(13-14-12(15)17)16-6-4-10-9(8(16)2)5-7-18-10/h5,7-8H,3-4,6H2,1-2H3,(H,14,17). The summed E-state index contributed by atoms with van der Waals surface area (Å²) in [6.45, 7) is 6.20. The van der Waals surface area contributed by atoms with Gasteiger partial charge in [-0.15, -0.1) is 16.4 Å². The Labute approximate surface area is 115 Å². The minimum atomic E-state index is 0.371. The molecule has 0 saturated heterocycles. The lowest BCUT2D eigenvalue weighted by Crippen LogP contribution is -2.35. The summed E-state index contributed by atoms with van der Waals surface area (Å²) in [7, 11) is 0. The molecule has 2 aromatic rings. The summed E-state index contributed by atoms with van der Waals surface area (Å²) in [5.41, 5.74) is 1.43. The third-order valence-electron chi connectivity index (χ3n) is 3.59. The van der Waals surface area contributed by atoms with Gasteiger partial charge in [-0.1, -0.05) is 0 Å². The minimum absolute atomic E-state index is 0.371. The second-order valence-electron chi connectivity index (χ2n) is 4.49. The van der Waals surface area contributed by atoms with Gasteiger partial charge in [0.15, 0.2) is 4.77 Å². The molecule has 0 fully saturated rings. The number of aromatic amines is 1. The number of fused-ring (bicyclic) bond motifs is 1. The SMILES string of the molecule is CCn1c(N2CCc3sccc3C2C)n[nH]c1=S. The van der Waals surface area contributed by atoms with Crippen molar-refractivity contribution in [3.05, 3.63) is 26.7 Å². The summed E-state index contributed by atoms with van der Waals surface area (Å²) < 4.78 is 2.76. The van der Waals surface area contributed by atoms with Crippen molar-refractivity contribution in [2.75, 3.05) is 11.4 Å². The molecule has 0 aliphatic carbocycles. The molecule has 0 amide bonds. The van der Waals surface area contributed by atoms with E-state index in [0.717, 1.165) is 25.5 Å². The van der Waals surface area contributed by atoms with Gasteiger partial charge in [-0.2, -0.15) is 0 Å². The van der Waals surface area contributed by atoms with Gasteiger partial charge in [0.25, 0.3) is 0 Å². The first-order chi connectivity index (χ1) is 8.72. The zero-order valence-corrected chi connectivity index (χ0v) is 12.1. The van der Waals surface area contributed by atoms with Crippen LogP contribution in [0.3, 0.4) is 0 Å². The van der Waals surface area contributed by atoms with Crippen molar-refractivity contribution >= 4 is 29.5 Å². The minimum Gasteiger partial charge on any atom is -0.334 e. The van der Waals surface area contributed by atoms with Crippen LogP contribution in [-0.2, 0) is 13.0 Å². The highest BCUT2D eigenvalue weighted by molar-refractivity contribution is 7.71. The van der Waals surface area contributed by atoms with Crippen LogP contribution < -0.4 is 4.90 Å². The van der Waals surface area contributed by atoms with Crippen molar-refractivity contribution in [1.29, 1.82) is 0 Å². The summed E-state index contributed by atoms with van der Waals surface area (Å²) in [4.78, 5) is 3.85. The van der Waals surface area contributed by atoms with Gasteiger partial charge in [0.05, 0.1) is 6.04 Å². The zero-order valence-electron chi connectivity index (χ0n) is 10.5. The molecule has 96 valence electrons. The molecule has 1 aliphatic rings. The number of anilines is 1. The molecule has 6 heteroatoms. The summed E-state index contributed by atoms with van der Waals surface area (Å²) >= 11 is 7.12. The molecule has 2 aromatic heterocycles. The van der Waals surface area contributed by atoms with Gasteiger partial charge in [0.2, 0.25) is 5.95 Å². The highest BCUT2D eigenvalue weighted by atomic mass is 32.1. The zero-order chi connectivity index (χ0) is 12.7. The highest BCUT2D eigenvalue weighted by Gasteiger charge is 2.27. The highest BCUT2D eigenvalue weighted by Crippen LogP contribution is 2.35. The molecule has 0 bridgehead atoms. The van der Waals surface area contributed by atoms with Gasteiger partial charge in [0, 0.05) is 18.0 Å². The van der Waals surface area contributed by atoms with Crippen molar-refractivity contribution < 1.29 is 0 Å². The quantitative estimate of drug-likeness (QED) is 0.859. The number of nitrogens with one attached hydrogen (secondary N) is 1. The van der Waals surface area contributed by atoms with E-state index >= 15 is 0 Å². The predicted molar refractivity (Wildman–Crippen MR) is 76.9 cm³/mol. The topological polar surface area (TPSA) is 36.9 Å². The smallest absolute Gasteiger partial charge is 0.226 e. The molecule has 0 radical (unpaired) electrons. The monoisotopic (exact) mass is 280 g/mol. The van der Waals surface area contributed by atoms with Crippen LogP contribution in [0.4, 0.5) is 5.95 Å². The van der Waals surface area contributed by atoms with Gasteiger partial charge < -0.3 is 4.90 Å². The summed E-state index contributed by atoms with van der Waals surface area (Å²) in [6.07, 6.45) is 1.10. The third-order valence-corrected chi connectivity index (χ3v) is 4.90. The lowest BCUT2D eigenvalue weighted by molar-refractivity contribution is 0.591. The number of hydrogen-bond donors (Lipinski definition) is 1. The molecule has 0 spiro atoms. The Morgan fingerprint density at radius 2 is 2.44 bits per heavy atom. The molecule has 4 nitrogen and oxygen atoms in total. The largest absolute Gasteiger partial charge is 0.334 e. The Balaban J connectivity index is 2.01. The number of hydrogen-bond acceptors (Lipinski definition) is 4. The fourth-order valence-electron chi connectivity index (χ4n) is 2.60. The van der Waals surface area contributed by atoms with Crippen molar-refractivity contribution in [3.8, 4) is 0 Å². The van der Waals surface area contributed by atoms with E-state index in [1.54, 1.807) is 0 Å². The van der Waals surface area contributed by atoms with E-state index in [-0.39, 0.29) is 0 Å². The van der Waals surface area contributed by atoms with Gasteiger partial charge in [-0.05, 0) is 49.5 Å². The van der Waals surface area contributed by atoms with Crippen LogP contribution in [0, 0.1) is 4.77 Å². The molecule has 1 atom stereocenters. The first-order valence-corrected chi connectivity index (χ1v) is 7.49. The van der Waals surface area contributed by atoms with Gasteiger partial charge >= 0.3 is 0 Å². The van der Waals surface area contributed by atoms with Crippen LogP contribution in [0.1, 0.15) is 30.3 Å². The van der Waals surface area contributed by atoms with Crippen molar-refractivity contribution in [2.24, 2.45) is 0 Å². The Hall–Kier alpha value is -1.14. The number of rotatable bonds is 2. The molecule has 18 heavy (non-hydrogen) atoms. The average Bonchev–Trinajstić information content (AvgIpc) is 2.96. The maximum absolute atomic E-state index is 5.26. The van der Waals surface area contributed by atoms with Crippen LogP contribution in [0.25, 0.3) is 0 Å². The molecule has 3 heterocycles. The summed E-state index contributed by atoms with van der Waals surface area (Å²) in [6, 6.07) is 2.60. The fourth-order valence-corrected chi connectivity index (χ4v) is 3.82. The van der Waals surface area contributed by atoms with Gasteiger partial charge in [-0.25, -0.2) is 5.10 Å². The van der Waals surface area contributed by atoms with Crippen LogP contribution in [-0.4, -0.2) is 21.3 Å². The maximum atomic E-state index is 5.26. The van der Waals surface area contributed by atoms with E-state index in [4.69, 9.17) is 12.2 Å². The van der Waals surface area contributed by atoms with Crippen LogP contribution >= 0.6 is 23.6 Å². The first-order valence-electron chi connectivity index (χ1n) is 6.20. The Morgan fingerprint density at radius 1 is 1.61 bits per heavy atom. The second kappa shape index (κ2) is 4.51. The molecular formula is C12H16N4S2. The van der Waals surface area contributed by atoms with E-state index < -0.39 is 0 Å². The molecule has 3 rings (SSSR count). The number of thiophene rings is 1. The summed E-state index contributed by atoms with van der Waals surface area (Å²) in [5, 5.41) is 9.48. The Morgan fingerprint density at radius 3 is 3.22 bits per heavy atom. The van der Waals surface area contributed by atoms with E-state index in [2.05, 4.69) is 45.0 Å². The van der Waals surface area contributed by atoms with Crippen LogP contribution in [0.2, 0.25) is 0 Å². The number of H-pyrrole nitrogens is 1. The van der Waals surface area contributed by atoms with E-state index in [1.165, 1.54) is 10.4 Å². The fraction of sp³-hybridized carbons (Fsp3) is 0.500. The van der Waals surface area contributed by atoms with Gasteiger partial charge in [-0.3, -0.25) is 4.57 Å². The molecular weight excluding hydrogens is 264 g/mol. The van der Waals surface area contributed by atoms with Crippen LogP contribution in [0.5, 0.6) is 0 Å². The maximum Gasteiger partial charge on any atom is 0.226 e. The van der Waals surface area contributed by atoms with E-state index in [9.17, 15) is 0 Å². The normalized spacial score (nSPS) is 19.0. The molecule has 1 unspecified atom stereocenters. The Bertz CT molecular complexity index is 610. The molecule has 1 aliphatic heterocycles. The van der Waals surface area contributed by atoms with Crippen molar-refractivity contribution in [3.63, 3.8) is 0 Å². The first kappa shape index (κ1) is 11.9. The third kappa shape index (κ3) is 1.71. The second-order valence-corrected chi connectivity index (χ2v) is 5.88. The average molecular weight is 280 g/mol. The number of aromatic nitrogens is 3. The molecule has 1 N–H and O–H groups in total. The van der Waals surface area contributed by atoms with E-state index in [0.29, 0.717) is 10.8 Å². The Kier molecular flexibility index (Phi) is 2.99. The molecule has 0 saturated carbocycles. The van der Waals surface area contributed by atoms with E-state index in [1.807, 2.05) is 11.3 Å². The lowest BCUT2D eigenvalue weighted by atomic mass is 10.0. The van der Waals surface area contributed by atoms with Gasteiger partial charge in [0.1, 0.15) is 0 Å². The summed E-state index contributed by atoms with van der Waals surface area (Å²) in [5.74, 6) is 0.965.